The molecule has 2 nitrogen and oxygen atoms in total. The Bertz CT molecular complexity index is 1020. The molecule has 0 aliphatic rings. The summed E-state index contributed by atoms with van der Waals surface area (Å²) < 4.78 is 28.1. The minimum atomic E-state index is -4.16. The van der Waals surface area contributed by atoms with Crippen LogP contribution in [0.5, 0.6) is 0 Å². The smallest absolute Gasteiger partial charge is 0.402 e. The maximum atomic E-state index is 14.1. The molecule has 25 heavy (non-hydrogen) atoms. The molecule has 4 aromatic rings. The molecule has 0 saturated heterocycles. The van der Waals surface area contributed by atoms with Gasteiger partial charge < -0.3 is 9.59 Å². The molecule has 0 bridgehead atoms. The van der Waals surface area contributed by atoms with E-state index in [4.69, 9.17) is 0 Å². The molecule has 5 heteroatoms. The Hall–Kier alpha value is -2.60. The highest BCUT2D eigenvalue weighted by Gasteiger charge is 2.38. The summed E-state index contributed by atoms with van der Waals surface area (Å²) >= 11 is 0. The van der Waals surface area contributed by atoms with E-state index in [1.807, 2.05) is 0 Å². The first-order chi connectivity index (χ1) is 12.0. The van der Waals surface area contributed by atoms with Crippen molar-refractivity contribution >= 4 is 40.5 Å². The predicted molar refractivity (Wildman–Crippen MR) is 97.3 cm³/mol. The fraction of sp³-hybridized carbons (Fsp3) is 0. The first kappa shape index (κ1) is 15.9. The first-order valence-electron chi connectivity index (χ1n) is 7.80. The van der Waals surface area contributed by atoms with Gasteiger partial charge >= 0.3 is 8.56 Å². The Balaban J connectivity index is 2.04. The minimum Gasteiger partial charge on any atom is -0.404 e. The molecule has 124 valence electrons. The zero-order valence-corrected chi connectivity index (χ0v) is 14.1. The van der Waals surface area contributed by atoms with Crippen molar-refractivity contribution in [3.8, 4) is 0 Å². The number of halogens is 2. The fourth-order valence-corrected chi connectivity index (χ4v) is 5.39. The second-order valence-corrected chi connectivity index (χ2v) is 8.38. The van der Waals surface area contributed by atoms with Crippen molar-refractivity contribution in [3.63, 3.8) is 0 Å². The van der Waals surface area contributed by atoms with Gasteiger partial charge in [0, 0.05) is 21.1 Å². The summed E-state index contributed by atoms with van der Waals surface area (Å²) in [6.45, 7) is 0. The van der Waals surface area contributed by atoms with Gasteiger partial charge in [0.1, 0.15) is 11.6 Å². The lowest BCUT2D eigenvalue weighted by Gasteiger charge is -2.22. The lowest BCUT2D eigenvalue weighted by molar-refractivity contribution is 0.402. The third kappa shape index (κ3) is 2.44. The average Bonchev–Trinajstić information content (AvgIpc) is 2.62. The van der Waals surface area contributed by atoms with Gasteiger partial charge in [-0.2, -0.15) is 0 Å². The van der Waals surface area contributed by atoms with Crippen molar-refractivity contribution in [2.24, 2.45) is 0 Å². The molecular formula is C20H14F2O2Si. The van der Waals surface area contributed by atoms with E-state index in [0.29, 0.717) is 21.5 Å². The van der Waals surface area contributed by atoms with Crippen molar-refractivity contribution in [2.75, 3.05) is 0 Å². The molecule has 0 fully saturated rings. The third-order valence-electron chi connectivity index (χ3n) is 4.49. The van der Waals surface area contributed by atoms with Crippen molar-refractivity contribution in [3.05, 3.63) is 84.4 Å². The van der Waals surface area contributed by atoms with Gasteiger partial charge in [0.25, 0.3) is 0 Å². The fourth-order valence-electron chi connectivity index (χ4n) is 3.28. The van der Waals surface area contributed by atoms with Gasteiger partial charge in [0.15, 0.2) is 0 Å². The number of benzene rings is 4. The van der Waals surface area contributed by atoms with Gasteiger partial charge in [-0.25, -0.2) is 8.78 Å². The number of rotatable bonds is 2. The average molecular weight is 352 g/mol. The molecular weight excluding hydrogens is 338 g/mol. The van der Waals surface area contributed by atoms with E-state index >= 15 is 0 Å². The molecule has 0 atom stereocenters. The van der Waals surface area contributed by atoms with Crippen LogP contribution in [0.4, 0.5) is 8.78 Å². The highest BCUT2D eigenvalue weighted by molar-refractivity contribution is 6.93. The number of hydrogen-bond acceptors (Lipinski definition) is 2. The first-order valence-corrected chi connectivity index (χ1v) is 9.70. The van der Waals surface area contributed by atoms with Crippen LogP contribution >= 0.6 is 0 Å². The second-order valence-electron chi connectivity index (χ2n) is 5.95. The summed E-state index contributed by atoms with van der Waals surface area (Å²) in [6, 6.07) is 18.6. The second kappa shape index (κ2) is 5.74. The molecule has 0 heterocycles. The zero-order chi connectivity index (χ0) is 17.6. The predicted octanol–water partition coefficient (Wildman–Crippen LogP) is 2.81. The maximum absolute atomic E-state index is 14.1. The largest absolute Gasteiger partial charge is 0.404 e. The van der Waals surface area contributed by atoms with Crippen LogP contribution in [0.15, 0.2) is 72.8 Å². The van der Waals surface area contributed by atoms with Crippen molar-refractivity contribution < 1.29 is 18.4 Å². The molecule has 4 aromatic carbocycles. The highest BCUT2D eigenvalue weighted by Crippen LogP contribution is 2.21. The molecule has 0 unspecified atom stereocenters. The molecule has 2 N–H and O–H groups in total. The van der Waals surface area contributed by atoms with E-state index in [1.54, 1.807) is 48.5 Å². The molecule has 0 saturated carbocycles. The van der Waals surface area contributed by atoms with Crippen LogP contribution in [-0.4, -0.2) is 18.2 Å². The van der Waals surface area contributed by atoms with Crippen molar-refractivity contribution in [1.82, 2.24) is 0 Å². The van der Waals surface area contributed by atoms with E-state index in [9.17, 15) is 18.4 Å². The van der Waals surface area contributed by atoms with Gasteiger partial charge in [-0.1, -0.05) is 60.7 Å². The Morgan fingerprint density at radius 2 is 0.880 bits per heavy atom. The van der Waals surface area contributed by atoms with Gasteiger partial charge in [-0.3, -0.25) is 0 Å². The monoisotopic (exact) mass is 352 g/mol. The zero-order valence-electron chi connectivity index (χ0n) is 13.1. The van der Waals surface area contributed by atoms with E-state index in [0.717, 1.165) is 0 Å². The topological polar surface area (TPSA) is 40.5 Å². The van der Waals surface area contributed by atoms with Gasteiger partial charge in [0.05, 0.1) is 0 Å². The third-order valence-corrected chi connectivity index (χ3v) is 6.87. The van der Waals surface area contributed by atoms with Crippen LogP contribution in [0.2, 0.25) is 0 Å². The van der Waals surface area contributed by atoms with E-state index in [-0.39, 0.29) is 10.4 Å². The molecule has 0 radical (unpaired) electrons. The summed E-state index contributed by atoms with van der Waals surface area (Å²) in [5.74, 6) is -0.846. The lowest BCUT2D eigenvalue weighted by atomic mass is 10.1. The number of fused-ring (bicyclic) bond motifs is 2. The molecule has 0 aliphatic carbocycles. The van der Waals surface area contributed by atoms with Crippen LogP contribution < -0.4 is 10.4 Å². The summed E-state index contributed by atoms with van der Waals surface area (Å²) in [5, 5.41) is 2.11. The summed E-state index contributed by atoms with van der Waals surface area (Å²) in [6.07, 6.45) is 0. The van der Waals surface area contributed by atoms with Gasteiger partial charge in [-0.05, 0) is 22.9 Å². The molecule has 0 amide bonds. The Morgan fingerprint density at radius 1 is 0.520 bits per heavy atom. The SMILES string of the molecule is O[Si](O)(c1ccc(F)c2ccccc12)c1ccc(F)c2ccccc12. The Morgan fingerprint density at radius 3 is 1.28 bits per heavy atom. The van der Waals surface area contributed by atoms with E-state index in [2.05, 4.69) is 0 Å². The van der Waals surface area contributed by atoms with Crippen LogP contribution in [0, 0.1) is 11.6 Å². The maximum Gasteiger partial charge on any atom is 0.402 e. The van der Waals surface area contributed by atoms with E-state index < -0.39 is 20.2 Å². The Kier molecular flexibility index (Phi) is 3.65. The van der Waals surface area contributed by atoms with Gasteiger partial charge in [0.2, 0.25) is 0 Å². The molecule has 0 aromatic heterocycles. The molecule has 0 spiro atoms. The van der Waals surface area contributed by atoms with Crippen molar-refractivity contribution in [1.29, 1.82) is 0 Å². The summed E-state index contributed by atoms with van der Waals surface area (Å²) in [7, 11) is -4.16. The summed E-state index contributed by atoms with van der Waals surface area (Å²) in [5.41, 5.74) is 0. The standard InChI is InChI=1S/C20H14F2O2Si/c21-17-9-11-19(15-7-3-1-5-13(15)17)25(23,24)20-12-10-18(22)14-6-2-4-8-16(14)20/h1-12,23-24H. The molecule has 4 rings (SSSR count). The van der Waals surface area contributed by atoms with Crippen LogP contribution in [0.25, 0.3) is 21.5 Å². The highest BCUT2D eigenvalue weighted by atomic mass is 28.4. The Labute approximate surface area is 143 Å². The van der Waals surface area contributed by atoms with Crippen LogP contribution in [-0.2, 0) is 0 Å². The van der Waals surface area contributed by atoms with Crippen LogP contribution in [0.3, 0.4) is 0 Å². The summed E-state index contributed by atoms with van der Waals surface area (Å²) in [4.78, 5) is 22.2. The normalized spacial score (nSPS) is 12.0. The molecule has 0 aliphatic heterocycles. The van der Waals surface area contributed by atoms with Crippen LogP contribution in [0.1, 0.15) is 0 Å². The number of hydrogen-bond donors (Lipinski definition) is 2. The quantitative estimate of drug-likeness (QED) is 0.545. The van der Waals surface area contributed by atoms with E-state index in [1.165, 1.54) is 24.3 Å². The van der Waals surface area contributed by atoms with Crippen molar-refractivity contribution in [2.45, 2.75) is 0 Å². The van der Waals surface area contributed by atoms with Gasteiger partial charge in [-0.15, -0.1) is 0 Å². The lowest BCUT2D eigenvalue weighted by Crippen LogP contribution is -2.59. The minimum absolute atomic E-state index is 0.279.